The van der Waals surface area contributed by atoms with E-state index < -0.39 is 30.5 Å². The first-order valence-corrected chi connectivity index (χ1v) is 10.8. The second-order valence-electron chi connectivity index (χ2n) is 9.87. The van der Waals surface area contributed by atoms with Gasteiger partial charge in [-0.15, -0.1) is 5.10 Å². The number of aliphatic hydroxyl groups is 1. The van der Waals surface area contributed by atoms with Crippen molar-refractivity contribution in [2.45, 2.75) is 63.8 Å². The number of aromatic nitrogens is 3. The number of fused-ring (bicyclic) bond motifs is 1. The van der Waals surface area contributed by atoms with Gasteiger partial charge in [0.05, 0.1) is 11.1 Å². The van der Waals surface area contributed by atoms with Gasteiger partial charge in [0.1, 0.15) is 18.1 Å². The Kier molecular flexibility index (Phi) is 5.95. The highest BCUT2D eigenvalue weighted by Gasteiger charge is 2.43. The van der Waals surface area contributed by atoms with Gasteiger partial charge in [0.2, 0.25) is 0 Å². The number of hydrogen-bond donors (Lipinski definition) is 2. The van der Waals surface area contributed by atoms with Crippen molar-refractivity contribution in [3.8, 4) is 17.3 Å². The van der Waals surface area contributed by atoms with E-state index in [9.17, 15) is 22.7 Å². The molecule has 4 rings (SSSR count). The van der Waals surface area contributed by atoms with Crippen LogP contribution in [0.1, 0.15) is 44.7 Å². The maximum absolute atomic E-state index is 12.8. The van der Waals surface area contributed by atoms with E-state index in [1.807, 2.05) is 27.7 Å². The van der Waals surface area contributed by atoms with Crippen molar-refractivity contribution < 1.29 is 31.8 Å². The van der Waals surface area contributed by atoms with Gasteiger partial charge < -0.3 is 19.6 Å². The molecule has 2 aromatic heterocycles. The minimum Gasteiger partial charge on any atom is -0.484 e. The molecule has 0 atom stereocenters. The van der Waals surface area contributed by atoms with E-state index in [-0.39, 0.29) is 36.5 Å². The summed E-state index contributed by atoms with van der Waals surface area (Å²) in [6.45, 7) is 5.43. The van der Waals surface area contributed by atoms with Crippen LogP contribution in [-0.4, -0.2) is 51.4 Å². The van der Waals surface area contributed by atoms with Crippen molar-refractivity contribution in [3.05, 3.63) is 29.3 Å². The van der Waals surface area contributed by atoms with Crippen LogP contribution in [0.2, 0.25) is 0 Å². The number of anilines is 1. The van der Waals surface area contributed by atoms with Crippen LogP contribution < -0.4 is 10.1 Å². The number of hydrogen-bond acceptors (Lipinski definition) is 7. The molecule has 0 saturated heterocycles. The Morgan fingerprint density at radius 3 is 2.50 bits per heavy atom. The van der Waals surface area contributed by atoms with E-state index in [1.165, 1.54) is 0 Å². The summed E-state index contributed by atoms with van der Waals surface area (Å²) in [5.41, 5.74) is 0.735. The maximum atomic E-state index is 12.8. The van der Waals surface area contributed by atoms with Crippen molar-refractivity contribution in [3.63, 3.8) is 0 Å². The van der Waals surface area contributed by atoms with Crippen LogP contribution >= 0.6 is 0 Å². The molecule has 0 spiro atoms. The molecule has 11 heteroatoms. The first kappa shape index (κ1) is 24.2. The van der Waals surface area contributed by atoms with Gasteiger partial charge in [-0.3, -0.25) is 0 Å². The molecule has 0 unspecified atom stereocenters. The van der Waals surface area contributed by atoms with Crippen LogP contribution in [0.15, 0.2) is 22.6 Å². The maximum Gasteiger partial charge on any atom is 0.422 e. The lowest BCUT2D eigenvalue weighted by atomic mass is 9.77. The van der Waals surface area contributed by atoms with Gasteiger partial charge in [-0.2, -0.15) is 13.2 Å². The van der Waals surface area contributed by atoms with Crippen LogP contribution in [-0.2, 0) is 5.41 Å². The predicted molar refractivity (Wildman–Crippen MR) is 118 cm³/mol. The molecule has 184 valence electrons. The first-order valence-electron chi connectivity index (χ1n) is 10.8. The van der Waals surface area contributed by atoms with Gasteiger partial charge in [-0.05, 0) is 54.5 Å². The minimum atomic E-state index is -4.44. The highest BCUT2D eigenvalue weighted by atomic mass is 19.4. The summed E-state index contributed by atoms with van der Waals surface area (Å²) in [5.74, 6) is 0.273. The fraction of sp³-hybridized carbons (Fsp3) is 0.522. The molecule has 1 aromatic carbocycles. The Labute approximate surface area is 193 Å². The lowest BCUT2D eigenvalue weighted by Crippen LogP contribution is -2.52. The van der Waals surface area contributed by atoms with Gasteiger partial charge in [0.15, 0.2) is 6.61 Å². The number of alkyl halides is 4. The smallest absolute Gasteiger partial charge is 0.422 e. The number of aryl methyl sites for hydroxylation is 1. The average Bonchev–Trinajstić information content (AvgIpc) is 3.18. The monoisotopic (exact) mass is 482 g/mol. The van der Waals surface area contributed by atoms with Crippen molar-refractivity contribution in [2.24, 2.45) is 0 Å². The first-order chi connectivity index (χ1) is 15.8. The lowest BCUT2D eigenvalue weighted by Gasteiger charge is -2.41. The second kappa shape index (κ2) is 8.37. The third-order valence-corrected chi connectivity index (χ3v) is 5.78. The summed E-state index contributed by atoms with van der Waals surface area (Å²) in [6, 6.07) is 4.79. The summed E-state index contributed by atoms with van der Waals surface area (Å²) in [4.78, 5) is 4.69. The predicted octanol–water partition coefficient (Wildman–Crippen LogP) is 5.11. The van der Waals surface area contributed by atoms with Crippen LogP contribution in [0, 0.1) is 6.92 Å². The molecule has 0 amide bonds. The number of nitrogens with zero attached hydrogens (tertiary/aromatic N) is 3. The van der Waals surface area contributed by atoms with E-state index in [0.717, 1.165) is 5.56 Å². The Hall–Kier alpha value is -2.95. The molecule has 1 aliphatic carbocycles. The average molecular weight is 482 g/mol. The van der Waals surface area contributed by atoms with Gasteiger partial charge in [0.25, 0.3) is 5.89 Å². The van der Waals surface area contributed by atoms with Crippen LogP contribution in [0.3, 0.4) is 0 Å². The van der Waals surface area contributed by atoms with Crippen LogP contribution in [0.5, 0.6) is 5.75 Å². The highest BCUT2D eigenvalue weighted by Crippen LogP contribution is 2.37. The Bertz CT molecular complexity index is 1200. The number of ether oxygens (including phenoxy) is 1. The Balaban J connectivity index is 1.66. The molecule has 1 fully saturated rings. The van der Waals surface area contributed by atoms with Crippen molar-refractivity contribution >= 4 is 16.9 Å². The molecule has 0 aliphatic heterocycles. The number of benzene rings is 1. The molecule has 0 bridgehead atoms. The topological polar surface area (TPSA) is 93.3 Å². The molecule has 3 aromatic rings. The second-order valence-corrected chi connectivity index (χ2v) is 9.87. The molecule has 34 heavy (non-hydrogen) atoms. The zero-order valence-corrected chi connectivity index (χ0v) is 19.3. The molecule has 2 N–H and O–H groups in total. The molecule has 1 saturated carbocycles. The molecule has 1 aliphatic rings. The van der Waals surface area contributed by atoms with Crippen LogP contribution in [0.25, 0.3) is 22.5 Å². The number of halogens is 4. The van der Waals surface area contributed by atoms with Crippen molar-refractivity contribution in [1.29, 1.82) is 0 Å². The van der Waals surface area contributed by atoms with Crippen molar-refractivity contribution in [2.75, 3.05) is 18.6 Å². The summed E-state index contributed by atoms with van der Waals surface area (Å²) in [5, 5.41) is 21.4. The summed E-state index contributed by atoms with van der Waals surface area (Å²) >= 11 is 0. The fourth-order valence-electron chi connectivity index (χ4n) is 4.02. The molecule has 0 radical (unpaired) electrons. The summed E-state index contributed by atoms with van der Waals surface area (Å²) < 4.78 is 61.5. The third kappa shape index (κ3) is 5.08. The van der Waals surface area contributed by atoms with E-state index in [1.54, 1.807) is 18.2 Å². The van der Waals surface area contributed by atoms with E-state index >= 15 is 0 Å². The highest BCUT2D eigenvalue weighted by molar-refractivity contribution is 5.89. The number of rotatable bonds is 6. The normalized spacial score (nSPS) is 20.9. The Morgan fingerprint density at radius 1 is 1.18 bits per heavy atom. The zero-order valence-electron chi connectivity index (χ0n) is 19.3. The standard InChI is InChI=1S/C23H26F4N4O3/c1-12-5-17(19-30-31-20(34-19)28-13-8-22(32,9-13)10-24)29-18-15(12)6-14(33-11-23(25,26)27)7-16(18)21(2,3)4/h5-7,13,32H,8-11H2,1-4H3,(H,28,31)/t13-,22+. The van der Waals surface area contributed by atoms with E-state index in [2.05, 4.69) is 15.5 Å². The molecular formula is C23H26F4N4O3. The van der Waals surface area contributed by atoms with Crippen molar-refractivity contribution in [1.82, 2.24) is 15.2 Å². The number of pyridine rings is 1. The van der Waals surface area contributed by atoms with Gasteiger partial charge in [-0.25, -0.2) is 9.37 Å². The SMILES string of the molecule is Cc1cc(-c2nnc(N[C@H]3C[C@](O)(CF)C3)o2)nc2c(C(C)(C)C)cc(OCC(F)(F)F)cc12. The molecule has 7 nitrogen and oxygen atoms in total. The zero-order chi connectivity index (χ0) is 24.9. The van der Waals surface area contributed by atoms with Gasteiger partial charge in [0, 0.05) is 11.4 Å². The minimum absolute atomic E-state index is 0.116. The van der Waals surface area contributed by atoms with Crippen LogP contribution in [0.4, 0.5) is 23.6 Å². The quantitative estimate of drug-likeness (QED) is 0.472. The lowest BCUT2D eigenvalue weighted by molar-refractivity contribution is -0.153. The number of nitrogens with one attached hydrogen (secondary N) is 1. The molecular weight excluding hydrogens is 456 g/mol. The van der Waals surface area contributed by atoms with Gasteiger partial charge in [-0.1, -0.05) is 25.9 Å². The van der Waals surface area contributed by atoms with E-state index in [0.29, 0.717) is 22.2 Å². The fourth-order valence-corrected chi connectivity index (χ4v) is 4.02. The third-order valence-electron chi connectivity index (χ3n) is 5.78. The van der Waals surface area contributed by atoms with E-state index in [4.69, 9.17) is 14.1 Å². The van der Waals surface area contributed by atoms with Gasteiger partial charge >= 0.3 is 12.2 Å². The Morgan fingerprint density at radius 2 is 1.88 bits per heavy atom. The molecule has 2 heterocycles. The summed E-state index contributed by atoms with van der Waals surface area (Å²) in [6.07, 6.45) is -3.97. The largest absolute Gasteiger partial charge is 0.484 e. The summed E-state index contributed by atoms with van der Waals surface area (Å²) in [7, 11) is 0.